The molecule has 3 nitrogen and oxygen atoms in total. The Labute approximate surface area is 126 Å². The highest BCUT2D eigenvalue weighted by atomic mass is 16.5. The van der Waals surface area contributed by atoms with E-state index in [9.17, 15) is 9.90 Å². The molecule has 2 aliphatic rings. The van der Waals surface area contributed by atoms with E-state index in [-0.39, 0.29) is 6.10 Å². The quantitative estimate of drug-likeness (QED) is 0.851. The fraction of sp³-hybridized carbons (Fsp3) is 0.611. The number of carbonyl (C=O) groups is 1. The van der Waals surface area contributed by atoms with E-state index < -0.39 is 11.4 Å². The number of fused-ring (bicyclic) bond motifs is 1. The lowest BCUT2D eigenvalue weighted by Gasteiger charge is -2.30. The van der Waals surface area contributed by atoms with Crippen molar-refractivity contribution in [3.63, 3.8) is 0 Å². The number of aliphatic carboxylic acids is 1. The van der Waals surface area contributed by atoms with Crippen LogP contribution in [-0.4, -0.2) is 17.2 Å². The third kappa shape index (κ3) is 2.92. The molecule has 1 saturated carbocycles. The second kappa shape index (κ2) is 5.70. The van der Waals surface area contributed by atoms with Gasteiger partial charge >= 0.3 is 5.97 Å². The highest BCUT2D eigenvalue weighted by Crippen LogP contribution is 2.42. The maximum Gasteiger partial charge on any atom is 0.309 e. The zero-order valence-electron chi connectivity index (χ0n) is 12.7. The summed E-state index contributed by atoms with van der Waals surface area (Å²) in [5, 5.41) is 9.78. The number of hydrogen-bond acceptors (Lipinski definition) is 2. The Morgan fingerprint density at radius 2 is 2.00 bits per heavy atom. The van der Waals surface area contributed by atoms with Gasteiger partial charge in [0.25, 0.3) is 0 Å². The van der Waals surface area contributed by atoms with Crippen LogP contribution in [0.4, 0.5) is 0 Å². The molecule has 21 heavy (non-hydrogen) atoms. The van der Waals surface area contributed by atoms with E-state index >= 15 is 0 Å². The third-order valence-electron chi connectivity index (χ3n) is 5.09. The summed E-state index contributed by atoms with van der Waals surface area (Å²) >= 11 is 0. The third-order valence-corrected chi connectivity index (χ3v) is 5.09. The molecule has 1 atom stereocenters. The van der Waals surface area contributed by atoms with Crippen LogP contribution >= 0.6 is 0 Å². The fourth-order valence-corrected chi connectivity index (χ4v) is 3.91. The largest absolute Gasteiger partial charge is 0.490 e. The van der Waals surface area contributed by atoms with Crippen molar-refractivity contribution in [2.24, 2.45) is 5.41 Å². The van der Waals surface area contributed by atoms with E-state index in [4.69, 9.17) is 4.74 Å². The Morgan fingerprint density at radius 1 is 1.29 bits per heavy atom. The molecule has 0 saturated heterocycles. The Hall–Kier alpha value is -1.51. The van der Waals surface area contributed by atoms with Gasteiger partial charge in [0.15, 0.2) is 0 Å². The van der Waals surface area contributed by atoms with Crippen molar-refractivity contribution in [3.8, 4) is 5.75 Å². The second-order valence-corrected chi connectivity index (χ2v) is 6.76. The standard InChI is InChI=1S/C18H24O3/c1-13-6-7-16-14(10-13)11-15(21-16)12-18(17(19)20)8-4-2-3-5-9-18/h6-7,10,15H,2-5,8-9,11-12H2,1H3,(H,19,20). The predicted octanol–water partition coefficient (Wildman–Crippen LogP) is 4.11. The first kappa shape index (κ1) is 14.4. The summed E-state index contributed by atoms with van der Waals surface area (Å²) in [5.74, 6) is 0.319. The van der Waals surface area contributed by atoms with E-state index in [1.807, 2.05) is 6.07 Å². The van der Waals surface area contributed by atoms with Crippen molar-refractivity contribution in [2.75, 3.05) is 0 Å². The van der Waals surface area contributed by atoms with E-state index in [0.717, 1.165) is 37.9 Å². The molecule has 0 radical (unpaired) electrons. The molecule has 1 aromatic carbocycles. The summed E-state index contributed by atoms with van der Waals surface area (Å²) < 4.78 is 6.02. The Morgan fingerprint density at radius 3 is 2.67 bits per heavy atom. The Kier molecular flexibility index (Phi) is 3.92. The maximum absolute atomic E-state index is 11.9. The number of benzene rings is 1. The second-order valence-electron chi connectivity index (χ2n) is 6.76. The van der Waals surface area contributed by atoms with Crippen LogP contribution in [-0.2, 0) is 11.2 Å². The highest BCUT2D eigenvalue weighted by molar-refractivity contribution is 5.74. The van der Waals surface area contributed by atoms with Crippen LogP contribution in [0.5, 0.6) is 5.75 Å². The monoisotopic (exact) mass is 288 g/mol. The minimum atomic E-state index is -0.625. The summed E-state index contributed by atoms with van der Waals surface area (Å²) in [4.78, 5) is 11.9. The topological polar surface area (TPSA) is 46.5 Å². The lowest BCUT2D eigenvalue weighted by molar-refractivity contribution is -0.151. The molecule has 1 aliphatic heterocycles. The van der Waals surface area contributed by atoms with Gasteiger partial charge in [0.1, 0.15) is 11.9 Å². The van der Waals surface area contributed by atoms with Crippen molar-refractivity contribution in [2.45, 2.75) is 64.4 Å². The van der Waals surface area contributed by atoms with Crippen LogP contribution in [0.3, 0.4) is 0 Å². The summed E-state index contributed by atoms with van der Waals surface area (Å²) in [7, 11) is 0. The summed E-state index contributed by atoms with van der Waals surface area (Å²) in [6.07, 6.45) is 7.53. The van der Waals surface area contributed by atoms with E-state index in [0.29, 0.717) is 6.42 Å². The van der Waals surface area contributed by atoms with Crippen molar-refractivity contribution in [1.29, 1.82) is 0 Å². The fourth-order valence-electron chi connectivity index (χ4n) is 3.91. The number of rotatable bonds is 3. The molecule has 0 aromatic heterocycles. The molecular weight excluding hydrogens is 264 g/mol. The van der Waals surface area contributed by atoms with E-state index in [1.54, 1.807) is 0 Å². The number of hydrogen-bond donors (Lipinski definition) is 1. The van der Waals surface area contributed by atoms with Crippen molar-refractivity contribution >= 4 is 5.97 Å². The minimum absolute atomic E-state index is 0.0241. The van der Waals surface area contributed by atoms with Crippen molar-refractivity contribution < 1.29 is 14.6 Å². The van der Waals surface area contributed by atoms with Gasteiger partial charge < -0.3 is 9.84 Å². The van der Waals surface area contributed by atoms with Crippen LogP contribution in [0.1, 0.15) is 56.1 Å². The molecule has 1 aromatic rings. The minimum Gasteiger partial charge on any atom is -0.490 e. The Balaban J connectivity index is 1.74. The molecule has 0 spiro atoms. The van der Waals surface area contributed by atoms with Crippen LogP contribution in [0, 0.1) is 12.3 Å². The van der Waals surface area contributed by atoms with Gasteiger partial charge in [0.2, 0.25) is 0 Å². The highest BCUT2D eigenvalue weighted by Gasteiger charge is 2.42. The average Bonchev–Trinajstić information content (AvgIpc) is 2.67. The first-order chi connectivity index (χ1) is 10.1. The molecule has 1 heterocycles. The van der Waals surface area contributed by atoms with Crippen LogP contribution < -0.4 is 4.74 Å². The number of carboxylic acid groups (broad SMARTS) is 1. The van der Waals surface area contributed by atoms with Gasteiger partial charge in [-0.15, -0.1) is 0 Å². The van der Waals surface area contributed by atoms with Crippen LogP contribution in [0.25, 0.3) is 0 Å². The lowest BCUT2D eigenvalue weighted by Crippen LogP contribution is -2.36. The zero-order valence-corrected chi connectivity index (χ0v) is 12.7. The molecule has 3 heteroatoms. The maximum atomic E-state index is 11.9. The molecule has 0 amide bonds. The number of aryl methyl sites for hydroxylation is 1. The predicted molar refractivity (Wildman–Crippen MR) is 81.7 cm³/mol. The summed E-state index contributed by atoms with van der Waals surface area (Å²) in [6.45, 7) is 2.08. The number of ether oxygens (including phenoxy) is 1. The smallest absolute Gasteiger partial charge is 0.309 e. The van der Waals surface area contributed by atoms with Crippen molar-refractivity contribution in [1.82, 2.24) is 0 Å². The van der Waals surface area contributed by atoms with Gasteiger partial charge in [-0.05, 0) is 31.4 Å². The molecule has 3 rings (SSSR count). The van der Waals surface area contributed by atoms with E-state index in [1.165, 1.54) is 24.0 Å². The van der Waals surface area contributed by atoms with Gasteiger partial charge in [-0.1, -0.05) is 43.4 Å². The number of carboxylic acids is 1. The molecule has 0 bridgehead atoms. The molecule has 114 valence electrons. The van der Waals surface area contributed by atoms with Crippen molar-refractivity contribution in [3.05, 3.63) is 29.3 Å². The summed E-state index contributed by atoms with van der Waals surface area (Å²) in [6, 6.07) is 6.24. The first-order valence-electron chi connectivity index (χ1n) is 8.09. The SMILES string of the molecule is Cc1ccc2c(c1)CC(CC1(C(=O)O)CCCCCC1)O2. The molecule has 1 aliphatic carbocycles. The van der Waals surface area contributed by atoms with Crippen LogP contribution in [0.15, 0.2) is 18.2 Å². The zero-order chi connectivity index (χ0) is 14.9. The molecular formula is C18H24O3. The van der Waals surface area contributed by atoms with Gasteiger partial charge in [-0.3, -0.25) is 4.79 Å². The molecule has 1 N–H and O–H groups in total. The van der Waals surface area contributed by atoms with Gasteiger partial charge in [-0.25, -0.2) is 0 Å². The van der Waals surface area contributed by atoms with Crippen LogP contribution in [0.2, 0.25) is 0 Å². The normalized spacial score (nSPS) is 24.0. The summed E-state index contributed by atoms with van der Waals surface area (Å²) in [5.41, 5.74) is 1.90. The first-order valence-corrected chi connectivity index (χ1v) is 8.09. The average molecular weight is 288 g/mol. The van der Waals surface area contributed by atoms with Gasteiger partial charge in [0.05, 0.1) is 5.41 Å². The van der Waals surface area contributed by atoms with Gasteiger partial charge in [-0.2, -0.15) is 0 Å². The van der Waals surface area contributed by atoms with Gasteiger partial charge in [0, 0.05) is 12.8 Å². The van der Waals surface area contributed by atoms with E-state index in [2.05, 4.69) is 19.1 Å². The molecule has 1 fully saturated rings. The Bertz CT molecular complexity index is 527. The lowest BCUT2D eigenvalue weighted by atomic mass is 9.75. The molecule has 1 unspecified atom stereocenters.